The molecule has 1 fully saturated rings. The van der Waals surface area contributed by atoms with Gasteiger partial charge in [0, 0.05) is 18.7 Å². The van der Waals surface area contributed by atoms with Gasteiger partial charge in [-0.2, -0.15) is 0 Å². The van der Waals surface area contributed by atoms with Crippen LogP contribution in [-0.2, 0) is 20.9 Å². The molecule has 7 heteroatoms. The zero-order valence-corrected chi connectivity index (χ0v) is 18.8. The number of anilines is 1. The molecule has 7 nitrogen and oxygen atoms in total. The molecule has 0 aromatic heterocycles. The van der Waals surface area contributed by atoms with Crippen molar-refractivity contribution in [3.8, 4) is 0 Å². The average molecular weight is 438 g/mol. The van der Waals surface area contributed by atoms with E-state index >= 15 is 0 Å². The predicted octanol–water partition coefficient (Wildman–Crippen LogP) is 4.26. The molecule has 1 aliphatic rings. The lowest BCUT2D eigenvalue weighted by atomic mass is 10.00. The van der Waals surface area contributed by atoms with Crippen LogP contribution in [0.1, 0.15) is 50.8 Å². The molecule has 3 amide bonds. The first-order valence-electron chi connectivity index (χ1n) is 11.1. The standard InChI is InChI=1S/C25H31N3O4/c1-4-8-21(29)27-20-13-11-19(12-14-20)23-22(24(30)26-15-17(2)3)28(25(31)32-23)16-18-9-6-5-7-10-18/h5-7,9-14,17,22-23H,4,8,15-16H2,1-3H3,(H,26,30)(H,27,29). The summed E-state index contributed by atoms with van der Waals surface area (Å²) in [6.45, 7) is 6.77. The maximum Gasteiger partial charge on any atom is 0.411 e. The summed E-state index contributed by atoms with van der Waals surface area (Å²) in [5.41, 5.74) is 2.28. The third-order valence-electron chi connectivity index (χ3n) is 5.23. The summed E-state index contributed by atoms with van der Waals surface area (Å²) in [6.07, 6.45) is -0.0383. The number of carbonyl (C=O) groups is 3. The summed E-state index contributed by atoms with van der Waals surface area (Å²) >= 11 is 0. The zero-order chi connectivity index (χ0) is 23.1. The Morgan fingerprint density at radius 1 is 1.06 bits per heavy atom. The smallest absolute Gasteiger partial charge is 0.411 e. The molecule has 0 bridgehead atoms. The summed E-state index contributed by atoms with van der Waals surface area (Å²) < 4.78 is 5.67. The van der Waals surface area contributed by atoms with E-state index in [0.29, 0.717) is 24.2 Å². The van der Waals surface area contributed by atoms with Crippen LogP contribution >= 0.6 is 0 Å². The maximum absolute atomic E-state index is 13.1. The van der Waals surface area contributed by atoms with Gasteiger partial charge < -0.3 is 15.4 Å². The molecule has 0 saturated carbocycles. The number of carbonyl (C=O) groups excluding carboxylic acids is 3. The fourth-order valence-corrected chi connectivity index (χ4v) is 3.61. The van der Waals surface area contributed by atoms with Crippen molar-refractivity contribution in [1.82, 2.24) is 10.2 Å². The topological polar surface area (TPSA) is 87.7 Å². The highest BCUT2D eigenvalue weighted by atomic mass is 16.6. The molecule has 2 atom stereocenters. The van der Waals surface area contributed by atoms with E-state index in [0.717, 1.165) is 12.0 Å². The van der Waals surface area contributed by atoms with E-state index in [1.54, 1.807) is 24.3 Å². The fraction of sp³-hybridized carbons (Fsp3) is 0.400. The molecule has 2 N–H and O–H groups in total. The van der Waals surface area contributed by atoms with Gasteiger partial charge in [-0.15, -0.1) is 0 Å². The van der Waals surface area contributed by atoms with Gasteiger partial charge in [0.1, 0.15) is 0 Å². The Kier molecular flexibility index (Phi) is 7.87. The van der Waals surface area contributed by atoms with Gasteiger partial charge in [-0.05, 0) is 35.6 Å². The second-order valence-corrected chi connectivity index (χ2v) is 8.42. The van der Waals surface area contributed by atoms with Gasteiger partial charge in [0.2, 0.25) is 11.8 Å². The minimum Gasteiger partial charge on any atom is -0.438 e. The van der Waals surface area contributed by atoms with Crippen molar-refractivity contribution in [2.24, 2.45) is 5.92 Å². The number of cyclic esters (lactones) is 1. The van der Waals surface area contributed by atoms with Crippen molar-refractivity contribution in [1.29, 1.82) is 0 Å². The van der Waals surface area contributed by atoms with Gasteiger partial charge in [-0.25, -0.2) is 4.79 Å². The molecular formula is C25H31N3O4. The first-order valence-corrected chi connectivity index (χ1v) is 11.1. The maximum atomic E-state index is 13.1. The van der Waals surface area contributed by atoms with Crippen molar-refractivity contribution < 1.29 is 19.1 Å². The van der Waals surface area contributed by atoms with Crippen LogP contribution in [0, 0.1) is 5.92 Å². The molecule has 2 aromatic carbocycles. The number of benzene rings is 2. The van der Waals surface area contributed by atoms with Crippen LogP contribution in [-0.4, -0.2) is 35.4 Å². The summed E-state index contributed by atoms with van der Waals surface area (Å²) in [7, 11) is 0. The minimum absolute atomic E-state index is 0.0486. The van der Waals surface area contributed by atoms with E-state index in [1.807, 2.05) is 51.1 Å². The SMILES string of the molecule is CCCC(=O)Nc1ccc(C2OC(=O)N(Cc3ccccc3)C2C(=O)NCC(C)C)cc1. The molecule has 32 heavy (non-hydrogen) atoms. The number of nitrogens with zero attached hydrogens (tertiary/aromatic N) is 1. The monoisotopic (exact) mass is 437 g/mol. The number of amides is 3. The van der Waals surface area contributed by atoms with Gasteiger partial charge >= 0.3 is 6.09 Å². The van der Waals surface area contributed by atoms with Crippen LogP contribution in [0.5, 0.6) is 0 Å². The third-order valence-corrected chi connectivity index (χ3v) is 5.23. The Bertz CT molecular complexity index is 928. The van der Waals surface area contributed by atoms with Gasteiger partial charge in [-0.1, -0.05) is 63.2 Å². The number of ether oxygens (including phenoxy) is 1. The molecule has 1 heterocycles. The molecule has 170 valence electrons. The van der Waals surface area contributed by atoms with E-state index in [2.05, 4.69) is 10.6 Å². The zero-order valence-electron chi connectivity index (χ0n) is 18.8. The number of hydrogen-bond acceptors (Lipinski definition) is 4. The average Bonchev–Trinajstić information content (AvgIpc) is 3.09. The predicted molar refractivity (Wildman–Crippen MR) is 123 cm³/mol. The van der Waals surface area contributed by atoms with E-state index in [9.17, 15) is 14.4 Å². The van der Waals surface area contributed by atoms with Crippen molar-refractivity contribution in [2.75, 3.05) is 11.9 Å². The second-order valence-electron chi connectivity index (χ2n) is 8.42. The summed E-state index contributed by atoms with van der Waals surface area (Å²) in [5.74, 6) is -0.0117. The lowest BCUT2D eigenvalue weighted by molar-refractivity contribution is -0.126. The van der Waals surface area contributed by atoms with Gasteiger partial charge in [0.25, 0.3) is 0 Å². The van der Waals surface area contributed by atoms with Crippen molar-refractivity contribution in [3.05, 3.63) is 65.7 Å². The molecule has 3 rings (SSSR count). The Morgan fingerprint density at radius 3 is 2.38 bits per heavy atom. The molecule has 0 radical (unpaired) electrons. The van der Waals surface area contributed by atoms with E-state index in [4.69, 9.17) is 4.74 Å². The minimum atomic E-state index is -0.790. The van der Waals surface area contributed by atoms with Crippen molar-refractivity contribution in [3.63, 3.8) is 0 Å². The van der Waals surface area contributed by atoms with Crippen LogP contribution in [0.15, 0.2) is 54.6 Å². The Balaban J connectivity index is 1.83. The quantitative estimate of drug-likeness (QED) is 0.614. The van der Waals surface area contributed by atoms with Crippen molar-refractivity contribution in [2.45, 2.75) is 52.3 Å². The van der Waals surface area contributed by atoms with Gasteiger partial charge in [0.15, 0.2) is 12.1 Å². The van der Waals surface area contributed by atoms with E-state index in [1.165, 1.54) is 4.90 Å². The van der Waals surface area contributed by atoms with Crippen LogP contribution in [0.3, 0.4) is 0 Å². The van der Waals surface area contributed by atoms with Gasteiger partial charge in [0.05, 0.1) is 6.54 Å². The summed E-state index contributed by atoms with van der Waals surface area (Å²) in [4.78, 5) is 39.2. The number of rotatable bonds is 9. The molecular weight excluding hydrogens is 406 g/mol. The second kappa shape index (κ2) is 10.8. The van der Waals surface area contributed by atoms with E-state index in [-0.39, 0.29) is 24.3 Å². The first-order chi connectivity index (χ1) is 15.4. The number of nitrogens with one attached hydrogen (secondary N) is 2. The highest BCUT2D eigenvalue weighted by molar-refractivity contribution is 5.91. The largest absolute Gasteiger partial charge is 0.438 e. The van der Waals surface area contributed by atoms with Crippen LogP contribution < -0.4 is 10.6 Å². The lowest BCUT2D eigenvalue weighted by Gasteiger charge is -2.24. The lowest BCUT2D eigenvalue weighted by Crippen LogP contribution is -2.47. The fourth-order valence-electron chi connectivity index (χ4n) is 3.61. The van der Waals surface area contributed by atoms with E-state index < -0.39 is 18.2 Å². The normalized spacial score (nSPS) is 17.9. The van der Waals surface area contributed by atoms with Crippen molar-refractivity contribution >= 4 is 23.6 Å². The summed E-state index contributed by atoms with van der Waals surface area (Å²) in [5, 5.41) is 5.78. The number of hydrogen-bond donors (Lipinski definition) is 2. The molecule has 1 aliphatic heterocycles. The Hall–Kier alpha value is -3.35. The Labute approximate surface area is 189 Å². The van der Waals surface area contributed by atoms with Crippen LogP contribution in [0.2, 0.25) is 0 Å². The highest BCUT2D eigenvalue weighted by Gasteiger charge is 2.46. The summed E-state index contributed by atoms with van der Waals surface area (Å²) in [6, 6.07) is 15.8. The molecule has 2 unspecified atom stereocenters. The van der Waals surface area contributed by atoms with Crippen LogP contribution in [0.25, 0.3) is 0 Å². The van der Waals surface area contributed by atoms with Gasteiger partial charge in [-0.3, -0.25) is 14.5 Å². The highest BCUT2D eigenvalue weighted by Crippen LogP contribution is 2.34. The molecule has 0 aliphatic carbocycles. The molecule has 2 aromatic rings. The first kappa shape index (κ1) is 23.3. The Morgan fingerprint density at radius 2 is 1.75 bits per heavy atom. The molecule has 0 spiro atoms. The molecule has 1 saturated heterocycles. The van der Waals surface area contributed by atoms with Crippen LogP contribution in [0.4, 0.5) is 10.5 Å². The third kappa shape index (κ3) is 5.87.